The van der Waals surface area contributed by atoms with E-state index in [9.17, 15) is 0 Å². The number of hydrogen-bond acceptors (Lipinski definition) is 6. The number of anilines is 5. The van der Waals surface area contributed by atoms with E-state index in [1.165, 1.54) is 0 Å². The molecular formula is C19H18ClN7. The average Bonchev–Trinajstić information content (AvgIpc) is 3.05. The lowest BCUT2D eigenvalue weighted by Crippen LogP contribution is -2.04. The van der Waals surface area contributed by atoms with E-state index in [-0.39, 0.29) is 0 Å². The molecule has 0 saturated heterocycles. The van der Waals surface area contributed by atoms with E-state index in [0.29, 0.717) is 28.0 Å². The topological polar surface area (TPSA) is 93.7 Å². The summed E-state index contributed by atoms with van der Waals surface area (Å²) in [5, 5.41) is 7.13. The monoisotopic (exact) mass is 379 g/mol. The van der Waals surface area contributed by atoms with Crippen molar-refractivity contribution in [2.75, 3.05) is 16.4 Å². The van der Waals surface area contributed by atoms with Crippen molar-refractivity contribution in [2.45, 2.75) is 13.5 Å². The largest absolute Gasteiger partial charge is 0.399 e. The number of aromatic nitrogens is 4. The van der Waals surface area contributed by atoms with Crippen LogP contribution >= 0.6 is 11.6 Å². The second-order valence-corrected chi connectivity index (χ2v) is 6.42. The van der Waals surface area contributed by atoms with Crippen LogP contribution in [0.5, 0.6) is 0 Å². The van der Waals surface area contributed by atoms with E-state index in [1.807, 2.05) is 60.0 Å². The Bertz CT molecular complexity index is 1110. The summed E-state index contributed by atoms with van der Waals surface area (Å²) in [7, 11) is 0. The Morgan fingerprint density at radius 1 is 1.04 bits per heavy atom. The van der Waals surface area contributed by atoms with Crippen molar-refractivity contribution in [3.05, 3.63) is 59.9 Å². The van der Waals surface area contributed by atoms with E-state index < -0.39 is 0 Å². The van der Waals surface area contributed by atoms with Crippen LogP contribution in [0.1, 0.15) is 6.92 Å². The Morgan fingerprint density at radius 3 is 2.56 bits per heavy atom. The summed E-state index contributed by atoms with van der Waals surface area (Å²) in [6.45, 7) is 2.79. The van der Waals surface area contributed by atoms with Crippen molar-refractivity contribution in [3.63, 3.8) is 0 Å². The Morgan fingerprint density at radius 2 is 1.81 bits per heavy atom. The van der Waals surface area contributed by atoms with Gasteiger partial charge in [0, 0.05) is 28.6 Å². The minimum absolute atomic E-state index is 0.452. The highest BCUT2D eigenvalue weighted by Gasteiger charge is 2.13. The number of benzene rings is 2. The Labute approximate surface area is 161 Å². The fraction of sp³-hybridized carbons (Fsp3) is 0.105. The van der Waals surface area contributed by atoms with Gasteiger partial charge >= 0.3 is 0 Å². The lowest BCUT2D eigenvalue weighted by atomic mass is 10.3. The van der Waals surface area contributed by atoms with E-state index in [1.54, 1.807) is 6.33 Å². The molecule has 0 spiro atoms. The standard InChI is InChI=1S/C19H18ClN7/c1-2-27-11-22-16-17(23-14-7-3-5-12(20)9-14)25-19(26-18(16)27)24-15-8-4-6-13(21)10-15/h3-11H,2,21H2,1H3,(H2,23,24,25,26). The minimum Gasteiger partial charge on any atom is -0.399 e. The molecule has 4 rings (SSSR count). The fourth-order valence-corrected chi connectivity index (χ4v) is 2.96. The number of rotatable bonds is 5. The van der Waals surface area contributed by atoms with Gasteiger partial charge < -0.3 is 20.9 Å². The summed E-state index contributed by atoms with van der Waals surface area (Å²) in [6, 6.07) is 14.9. The number of nitrogens with one attached hydrogen (secondary N) is 2. The van der Waals surface area contributed by atoms with Crippen LogP contribution in [0.4, 0.5) is 28.8 Å². The number of aryl methyl sites for hydroxylation is 1. The van der Waals surface area contributed by atoms with E-state index in [2.05, 4.69) is 25.6 Å². The van der Waals surface area contributed by atoms with Crippen LogP contribution in [-0.2, 0) is 6.54 Å². The molecule has 0 radical (unpaired) electrons. The first-order chi connectivity index (χ1) is 13.1. The lowest BCUT2D eigenvalue weighted by molar-refractivity contribution is 0.778. The van der Waals surface area contributed by atoms with Crippen LogP contribution < -0.4 is 16.4 Å². The molecule has 0 aliphatic rings. The van der Waals surface area contributed by atoms with Crippen molar-refractivity contribution in [2.24, 2.45) is 0 Å². The zero-order chi connectivity index (χ0) is 18.8. The number of nitrogen functional groups attached to an aromatic ring is 1. The van der Waals surface area contributed by atoms with Gasteiger partial charge in [-0.25, -0.2) is 4.98 Å². The number of hydrogen-bond donors (Lipinski definition) is 3. The van der Waals surface area contributed by atoms with Gasteiger partial charge in [-0.15, -0.1) is 0 Å². The highest BCUT2D eigenvalue weighted by molar-refractivity contribution is 6.30. The molecule has 4 N–H and O–H groups in total. The van der Waals surface area contributed by atoms with Crippen molar-refractivity contribution < 1.29 is 0 Å². The number of nitrogens with two attached hydrogens (primary N) is 1. The molecule has 2 aromatic heterocycles. The van der Waals surface area contributed by atoms with Crippen molar-refractivity contribution in [1.29, 1.82) is 0 Å². The Balaban J connectivity index is 1.78. The highest BCUT2D eigenvalue weighted by atomic mass is 35.5. The molecule has 8 heteroatoms. The van der Waals surface area contributed by atoms with Crippen LogP contribution in [0.3, 0.4) is 0 Å². The van der Waals surface area contributed by atoms with Crippen molar-refractivity contribution in [3.8, 4) is 0 Å². The van der Waals surface area contributed by atoms with Crippen molar-refractivity contribution >= 4 is 51.6 Å². The van der Waals surface area contributed by atoms with Gasteiger partial charge in [0.05, 0.1) is 6.33 Å². The summed E-state index contributed by atoms with van der Waals surface area (Å²) < 4.78 is 1.96. The molecule has 0 unspecified atom stereocenters. The first-order valence-electron chi connectivity index (χ1n) is 8.50. The van der Waals surface area contributed by atoms with Crippen molar-refractivity contribution in [1.82, 2.24) is 19.5 Å². The molecule has 4 aromatic rings. The predicted molar refractivity (Wildman–Crippen MR) is 110 cm³/mol. The van der Waals surface area contributed by atoms with Gasteiger partial charge in [-0.2, -0.15) is 9.97 Å². The number of halogens is 1. The molecule has 0 aliphatic carbocycles. The molecule has 0 fully saturated rings. The molecule has 136 valence electrons. The quantitative estimate of drug-likeness (QED) is 0.440. The molecule has 0 bridgehead atoms. The van der Waals surface area contributed by atoms with Gasteiger partial charge in [0.2, 0.25) is 5.95 Å². The van der Waals surface area contributed by atoms with Gasteiger partial charge in [0.25, 0.3) is 0 Å². The molecule has 0 atom stereocenters. The molecule has 0 amide bonds. The summed E-state index contributed by atoms with van der Waals surface area (Å²) >= 11 is 6.09. The normalized spacial score (nSPS) is 10.9. The zero-order valence-corrected chi connectivity index (χ0v) is 15.4. The maximum Gasteiger partial charge on any atom is 0.231 e. The van der Waals surface area contributed by atoms with Crippen LogP contribution in [0.15, 0.2) is 54.9 Å². The average molecular weight is 380 g/mol. The molecule has 7 nitrogen and oxygen atoms in total. The van der Waals surface area contributed by atoms with E-state index in [4.69, 9.17) is 17.3 Å². The van der Waals surface area contributed by atoms with E-state index in [0.717, 1.165) is 23.6 Å². The number of imidazole rings is 1. The highest BCUT2D eigenvalue weighted by Crippen LogP contribution is 2.27. The van der Waals surface area contributed by atoms with Gasteiger partial charge in [0.1, 0.15) is 0 Å². The molecule has 2 heterocycles. The van der Waals surface area contributed by atoms with Crippen LogP contribution in [-0.4, -0.2) is 19.5 Å². The zero-order valence-electron chi connectivity index (χ0n) is 14.6. The Hall–Kier alpha value is -3.32. The molecule has 27 heavy (non-hydrogen) atoms. The summed E-state index contributed by atoms with van der Waals surface area (Å²) in [4.78, 5) is 13.7. The fourth-order valence-electron chi connectivity index (χ4n) is 2.77. The molecule has 0 aliphatic heterocycles. The molecular weight excluding hydrogens is 362 g/mol. The minimum atomic E-state index is 0.452. The van der Waals surface area contributed by atoms with Gasteiger partial charge in [-0.3, -0.25) is 0 Å². The summed E-state index contributed by atoms with van der Waals surface area (Å²) in [6.07, 6.45) is 1.76. The smallest absolute Gasteiger partial charge is 0.231 e. The van der Waals surface area contributed by atoms with E-state index >= 15 is 0 Å². The maximum atomic E-state index is 6.09. The van der Waals surface area contributed by atoms with Gasteiger partial charge in [-0.1, -0.05) is 23.7 Å². The maximum absolute atomic E-state index is 6.09. The molecule has 2 aromatic carbocycles. The summed E-state index contributed by atoms with van der Waals surface area (Å²) in [5.41, 5.74) is 9.58. The number of fused-ring (bicyclic) bond motifs is 1. The first-order valence-corrected chi connectivity index (χ1v) is 8.88. The van der Waals surface area contributed by atoms with Crippen LogP contribution in [0.25, 0.3) is 11.2 Å². The lowest BCUT2D eigenvalue weighted by Gasteiger charge is -2.11. The third kappa shape index (κ3) is 3.63. The van der Waals surface area contributed by atoms with Crippen LogP contribution in [0, 0.1) is 0 Å². The Kier molecular flexibility index (Phi) is 4.52. The summed E-state index contributed by atoms with van der Waals surface area (Å²) in [5.74, 6) is 1.05. The molecule has 0 saturated carbocycles. The third-order valence-corrected chi connectivity index (χ3v) is 4.27. The number of nitrogens with zero attached hydrogens (tertiary/aromatic N) is 4. The third-order valence-electron chi connectivity index (χ3n) is 4.03. The van der Waals surface area contributed by atoms with Crippen LogP contribution in [0.2, 0.25) is 5.02 Å². The predicted octanol–water partition coefficient (Wildman–Crippen LogP) is 4.57. The second kappa shape index (κ2) is 7.13. The van der Waals surface area contributed by atoms with Gasteiger partial charge in [-0.05, 0) is 43.3 Å². The second-order valence-electron chi connectivity index (χ2n) is 5.98. The SMILES string of the molecule is CCn1cnc2c(Nc3cccc(Cl)c3)nc(Nc3cccc(N)c3)nc21. The first kappa shape index (κ1) is 17.1. The van der Waals surface area contributed by atoms with Gasteiger partial charge in [0.15, 0.2) is 17.0 Å².